The van der Waals surface area contributed by atoms with Crippen LogP contribution in [0.2, 0.25) is 15.1 Å². The van der Waals surface area contributed by atoms with Crippen LogP contribution < -0.4 is 10.9 Å². The topological polar surface area (TPSA) is 78.5 Å². The Bertz CT molecular complexity index is 1020. The fourth-order valence-corrected chi connectivity index (χ4v) is 5.56. The average Bonchev–Trinajstić information content (AvgIpc) is 2.67. The minimum absolute atomic E-state index is 0.0951. The van der Waals surface area contributed by atoms with Gasteiger partial charge in [-0.15, -0.1) is 0 Å². The summed E-state index contributed by atoms with van der Waals surface area (Å²) in [5.41, 5.74) is 6.34. The molecule has 1 heterocycles. The maximum atomic E-state index is 12.9. The van der Waals surface area contributed by atoms with E-state index in [1.807, 2.05) is 0 Å². The molecule has 0 aromatic heterocycles. The summed E-state index contributed by atoms with van der Waals surface area (Å²) in [5.74, 6) is -0.514. The third-order valence-corrected chi connectivity index (χ3v) is 7.42. The fourth-order valence-electron chi connectivity index (χ4n) is 3.11. The van der Waals surface area contributed by atoms with Gasteiger partial charge in [0.2, 0.25) is 10.0 Å². The number of hydrazine groups is 1. The van der Waals surface area contributed by atoms with Crippen molar-refractivity contribution in [2.45, 2.75) is 31.1 Å². The Morgan fingerprint density at radius 2 is 1.62 bits per heavy atom. The first kappa shape index (κ1) is 22.2. The van der Waals surface area contributed by atoms with Crippen LogP contribution in [0.1, 0.15) is 35.2 Å². The lowest BCUT2D eigenvalue weighted by Crippen LogP contribution is -2.36. The molecule has 0 atom stereocenters. The van der Waals surface area contributed by atoms with E-state index in [4.69, 9.17) is 34.8 Å². The van der Waals surface area contributed by atoms with Crippen molar-refractivity contribution >= 4 is 56.4 Å². The highest BCUT2D eigenvalue weighted by molar-refractivity contribution is 7.89. The molecule has 1 saturated heterocycles. The molecule has 0 aliphatic carbocycles. The molecule has 1 aliphatic heterocycles. The third-order valence-electron chi connectivity index (χ3n) is 4.71. The molecule has 0 bridgehead atoms. The number of halogens is 3. The number of aryl methyl sites for hydroxylation is 1. The van der Waals surface area contributed by atoms with Gasteiger partial charge >= 0.3 is 0 Å². The lowest BCUT2D eigenvalue weighted by atomic mass is 10.1. The predicted octanol–water partition coefficient (Wildman–Crippen LogP) is 4.89. The molecule has 0 unspecified atom stereocenters. The molecular formula is C19H20Cl3N3O3S. The molecule has 0 saturated carbocycles. The monoisotopic (exact) mass is 475 g/mol. The molecule has 1 amide bonds. The summed E-state index contributed by atoms with van der Waals surface area (Å²) in [5, 5.41) is 0.838. The van der Waals surface area contributed by atoms with Gasteiger partial charge in [0.05, 0.1) is 20.6 Å². The zero-order valence-electron chi connectivity index (χ0n) is 15.6. The Hall–Kier alpha value is -1.51. The quantitative estimate of drug-likeness (QED) is 0.602. The molecule has 2 aromatic rings. The van der Waals surface area contributed by atoms with Gasteiger partial charge in [-0.05, 0) is 49.6 Å². The third kappa shape index (κ3) is 4.98. The van der Waals surface area contributed by atoms with Crippen LogP contribution >= 0.6 is 34.8 Å². The van der Waals surface area contributed by atoms with Gasteiger partial charge in [0, 0.05) is 23.7 Å². The van der Waals surface area contributed by atoms with Gasteiger partial charge in [0.25, 0.3) is 5.91 Å². The van der Waals surface area contributed by atoms with Gasteiger partial charge in [-0.1, -0.05) is 47.3 Å². The number of hydrogen-bond acceptors (Lipinski definition) is 4. The first-order chi connectivity index (χ1) is 13.7. The van der Waals surface area contributed by atoms with Crippen molar-refractivity contribution in [1.29, 1.82) is 0 Å². The summed E-state index contributed by atoms with van der Waals surface area (Å²) in [6.07, 6.45) is 2.70. The second-order valence-corrected chi connectivity index (χ2v) is 9.95. The van der Waals surface area contributed by atoms with Gasteiger partial charge in [-0.3, -0.25) is 15.6 Å². The van der Waals surface area contributed by atoms with Gasteiger partial charge in [-0.25, -0.2) is 8.42 Å². The van der Waals surface area contributed by atoms with Crippen LogP contribution in [0.4, 0.5) is 5.69 Å². The van der Waals surface area contributed by atoms with Crippen LogP contribution in [0.5, 0.6) is 0 Å². The van der Waals surface area contributed by atoms with E-state index in [2.05, 4.69) is 10.9 Å². The van der Waals surface area contributed by atoms with Crippen LogP contribution in [-0.4, -0.2) is 31.7 Å². The molecule has 6 nitrogen and oxygen atoms in total. The number of sulfonamides is 1. The number of anilines is 1. The first-order valence-electron chi connectivity index (χ1n) is 9.02. The van der Waals surface area contributed by atoms with Crippen LogP contribution in [0, 0.1) is 6.92 Å². The predicted molar refractivity (Wildman–Crippen MR) is 116 cm³/mol. The van der Waals surface area contributed by atoms with E-state index in [-0.39, 0.29) is 20.5 Å². The largest absolute Gasteiger partial charge is 0.295 e. The van der Waals surface area contributed by atoms with Gasteiger partial charge in [-0.2, -0.15) is 4.31 Å². The van der Waals surface area contributed by atoms with E-state index < -0.39 is 15.9 Å². The van der Waals surface area contributed by atoms with E-state index in [9.17, 15) is 13.2 Å². The van der Waals surface area contributed by atoms with Crippen LogP contribution in [0.25, 0.3) is 0 Å². The van der Waals surface area contributed by atoms with Gasteiger partial charge < -0.3 is 0 Å². The molecule has 1 aliphatic rings. The first-order valence-corrected chi connectivity index (χ1v) is 11.6. The summed E-state index contributed by atoms with van der Waals surface area (Å²) < 4.78 is 27.3. The number of rotatable bonds is 5. The molecule has 29 heavy (non-hydrogen) atoms. The van der Waals surface area contributed by atoms with E-state index in [0.29, 0.717) is 29.4 Å². The van der Waals surface area contributed by atoms with E-state index in [1.54, 1.807) is 13.0 Å². The Morgan fingerprint density at radius 1 is 1.00 bits per heavy atom. The number of carbonyl (C=O) groups is 1. The lowest BCUT2D eigenvalue weighted by Gasteiger charge is -2.26. The summed E-state index contributed by atoms with van der Waals surface area (Å²) in [7, 11) is -3.64. The molecule has 0 spiro atoms. The second kappa shape index (κ2) is 9.10. The van der Waals surface area contributed by atoms with Crippen molar-refractivity contribution < 1.29 is 13.2 Å². The highest BCUT2D eigenvalue weighted by atomic mass is 35.5. The molecule has 2 aromatic carbocycles. The second-order valence-electron chi connectivity index (χ2n) is 6.77. The zero-order valence-corrected chi connectivity index (χ0v) is 18.7. The Kier molecular flexibility index (Phi) is 6.96. The van der Waals surface area contributed by atoms with Gasteiger partial charge in [0.1, 0.15) is 0 Å². The number of benzene rings is 2. The van der Waals surface area contributed by atoms with E-state index in [0.717, 1.165) is 19.3 Å². The average molecular weight is 477 g/mol. The molecule has 156 valence electrons. The Balaban J connectivity index is 1.82. The van der Waals surface area contributed by atoms with Crippen molar-refractivity contribution in [2.75, 3.05) is 18.5 Å². The van der Waals surface area contributed by atoms with Crippen LogP contribution in [0.3, 0.4) is 0 Å². The van der Waals surface area contributed by atoms with Gasteiger partial charge in [0.15, 0.2) is 0 Å². The minimum Gasteiger partial charge on any atom is -0.295 e. The standard InChI is InChI=1S/C19H20Cl3N3O3S/c1-12-5-6-14(29(27,28)25-7-3-2-4-8-25)11-15(12)19(26)24-23-18-16(21)9-13(20)10-17(18)22/h5-6,9-11,23H,2-4,7-8H2,1H3,(H,24,26). The number of carbonyl (C=O) groups excluding carboxylic acids is 1. The lowest BCUT2D eigenvalue weighted by molar-refractivity contribution is 0.0962. The highest BCUT2D eigenvalue weighted by Crippen LogP contribution is 2.33. The molecular weight excluding hydrogens is 457 g/mol. The van der Waals surface area contributed by atoms with Crippen molar-refractivity contribution in [3.63, 3.8) is 0 Å². The summed E-state index contributed by atoms with van der Waals surface area (Å²) in [4.78, 5) is 12.8. The van der Waals surface area contributed by atoms with Crippen molar-refractivity contribution in [3.8, 4) is 0 Å². The van der Waals surface area contributed by atoms with E-state index >= 15 is 0 Å². The number of piperidine rings is 1. The maximum Gasteiger partial charge on any atom is 0.269 e. The zero-order chi connectivity index (χ0) is 21.2. The molecule has 3 rings (SSSR count). The molecule has 2 N–H and O–H groups in total. The Labute approximate surface area is 185 Å². The normalized spacial score (nSPS) is 15.2. The SMILES string of the molecule is Cc1ccc(S(=O)(=O)N2CCCCC2)cc1C(=O)NNc1c(Cl)cc(Cl)cc1Cl. The van der Waals surface area contributed by atoms with Crippen molar-refractivity contribution in [3.05, 3.63) is 56.5 Å². The van der Waals surface area contributed by atoms with Crippen molar-refractivity contribution in [1.82, 2.24) is 9.73 Å². The summed E-state index contributed by atoms with van der Waals surface area (Å²) >= 11 is 18.1. The number of nitrogens with one attached hydrogen (secondary N) is 2. The minimum atomic E-state index is -3.64. The fraction of sp³-hybridized carbons (Fsp3) is 0.316. The summed E-state index contributed by atoms with van der Waals surface area (Å²) in [6.45, 7) is 2.72. The Morgan fingerprint density at radius 3 is 2.24 bits per heavy atom. The number of hydrogen-bond donors (Lipinski definition) is 2. The summed E-state index contributed by atoms with van der Waals surface area (Å²) in [6, 6.07) is 7.51. The van der Waals surface area contributed by atoms with E-state index in [1.165, 1.54) is 28.6 Å². The van der Waals surface area contributed by atoms with Crippen LogP contribution in [0.15, 0.2) is 35.2 Å². The van der Waals surface area contributed by atoms with Crippen molar-refractivity contribution in [2.24, 2.45) is 0 Å². The molecule has 10 heteroatoms. The molecule has 1 fully saturated rings. The molecule has 0 radical (unpaired) electrons. The highest BCUT2D eigenvalue weighted by Gasteiger charge is 2.27. The number of nitrogens with zero attached hydrogens (tertiary/aromatic N) is 1. The number of amides is 1. The van der Waals surface area contributed by atoms with Crippen LogP contribution in [-0.2, 0) is 10.0 Å². The maximum absolute atomic E-state index is 12.9. The smallest absolute Gasteiger partial charge is 0.269 e.